The first-order valence-corrected chi connectivity index (χ1v) is 7.00. The standard InChI is InChI=1S/C16H16ClFN2O/c1-3-19-15-7-4-11(8-10(15)2)16(21)20-12-5-6-14(18)13(17)9-12/h4-9,19H,3H2,1-2H3,(H,20,21). The Hall–Kier alpha value is -2.07. The van der Waals surface area contributed by atoms with Crippen LogP contribution in [0.3, 0.4) is 0 Å². The van der Waals surface area contributed by atoms with Crippen LogP contribution in [0.15, 0.2) is 36.4 Å². The van der Waals surface area contributed by atoms with E-state index in [1.165, 1.54) is 18.2 Å². The molecule has 110 valence electrons. The maximum atomic E-state index is 13.1. The molecule has 2 aromatic carbocycles. The summed E-state index contributed by atoms with van der Waals surface area (Å²) in [6.45, 7) is 4.77. The Morgan fingerprint density at radius 2 is 2.00 bits per heavy atom. The van der Waals surface area contributed by atoms with Crippen LogP contribution < -0.4 is 10.6 Å². The molecule has 0 atom stereocenters. The quantitative estimate of drug-likeness (QED) is 0.875. The van der Waals surface area contributed by atoms with Gasteiger partial charge in [0.2, 0.25) is 0 Å². The van der Waals surface area contributed by atoms with Gasteiger partial charge < -0.3 is 10.6 Å². The van der Waals surface area contributed by atoms with E-state index < -0.39 is 5.82 Å². The smallest absolute Gasteiger partial charge is 0.255 e. The molecule has 0 aliphatic rings. The van der Waals surface area contributed by atoms with Crippen molar-refractivity contribution in [3.8, 4) is 0 Å². The Balaban J connectivity index is 2.16. The van der Waals surface area contributed by atoms with Crippen LogP contribution in [-0.2, 0) is 0 Å². The zero-order valence-electron chi connectivity index (χ0n) is 11.8. The number of benzene rings is 2. The average Bonchev–Trinajstić information content (AvgIpc) is 2.45. The first-order valence-electron chi connectivity index (χ1n) is 6.62. The monoisotopic (exact) mass is 306 g/mol. The molecule has 0 fully saturated rings. The van der Waals surface area contributed by atoms with E-state index in [1.54, 1.807) is 12.1 Å². The SMILES string of the molecule is CCNc1ccc(C(=O)Nc2ccc(F)c(Cl)c2)cc1C. The highest BCUT2D eigenvalue weighted by molar-refractivity contribution is 6.31. The third-order valence-corrected chi connectivity index (χ3v) is 3.32. The highest BCUT2D eigenvalue weighted by Crippen LogP contribution is 2.21. The predicted octanol–water partition coefficient (Wildman–Crippen LogP) is 4.47. The fourth-order valence-corrected chi connectivity index (χ4v) is 2.15. The lowest BCUT2D eigenvalue weighted by Crippen LogP contribution is -2.12. The minimum Gasteiger partial charge on any atom is -0.385 e. The molecule has 0 saturated heterocycles. The van der Waals surface area contributed by atoms with Crippen LogP contribution in [0.4, 0.5) is 15.8 Å². The van der Waals surface area contributed by atoms with Crippen LogP contribution >= 0.6 is 11.6 Å². The largest absolute Gasteiger partial charge is 0.385 e. The molecule has 0 aromatic heterocycles. The molecule has 3 nitrogen and oxygen atoms in total. The highest BCUT2D eigenvalue weighted by atomic mass is 35.5. The number of amides is 1. The van der Waals surface area contributed by atoms with Crippen molar-refractivity contribution in [3.05, 3.63) is 58.4 Å². The Bertz CT molecular complexity index is 673. The van der Waals surface area contributed by atoms with E-state index in [4.69, 9.17) is 11.6 Å². The number of hydrogen-bond donors (Lipinski definition) is 2. The third-order valence-electron chi connectivity index (χ3n) is 3.03. The van der Waals surface area contributed by atoms with Gasteiger partial charge in [0.15, 0.2) is 0 Å². The van der Waals surface area contributed by atoms with Crippen LogP contribution in [0.2, 0.25) is 5.02 Å². The maximum absolute atomic E-state index is 13.1. The van der Waals surface area contributed by atoms with E-state index in [9.17, 15) is 9.18 Å². The van der Waals surface area contributed by atoms with Crippen molar-refractivity contribution in [2.24, 2.45) is 0 Å². The zero-order valence-corrected chi connectivity index (χ0v) is 12.6. The van der Waals surface area contributed by atoms with Crippen molar-refractivity contribution in [3.63, 3.8) is 0 Å². The lowest BCUT2D eigenvalue weighted by molar-refractivity contribution is 0.102. The molecule has 0 radical (unpaired) electrons. The predicted molar refractivity (Wildman–Crippen MR) is 84.7 cm³/mol. The van der Waals surface area contributed by atoms with Crippen LogP contribution in [0.25, 0.3) is 0 Å². The summed E-state index contributed by atoms with van der Waals surface area (Å²) in [6, 6.07) is 9.49. The van der Waals surface area contributed by atoms with Gasteiger partial charge in [-0.25, -0.2) is 4.39 Å². The molecule has 0 aliphatic carbocycles. The summed E-state index contributed by atoms with van der Waals surface area (Å²) in [4.78, 5) is 12.2. The van der Waals surface area contributed by atoms with Crippen molar-refractivity contribution >= 4 is 28.9 Å². The molecule has 2 N–H and O–H groups in total. The fraction of sp³-hybridized carbons (Fsp3) is 0.188. The Morgan fingerprint density at radius 1 is 1.24 bits per heavy atom. The van der Waals surface area contributed by atoms with Crippen LogP contribution in [0.1, 0.15) is 22.8 Å². The van der Waals surface area contributed by atoms with Crippen LogP contribution in [0.5, 0.6) is 0 Å². The maximum Gasteiger partial charge on any atom is 0.255 e. The summed E-state index contributed by atoms with van der Waals surface area (Å²) in [5.41, 5.74) is 2.98. The van der Waals surface area contributed by atoms with Crippen LogP contribution in [0, 0.1) is 12.7 Å². The molecule has 1 amide bonds. The summed E-state index contributed by atoms with van der Waals surface area (Å²) in [6.07, 6.45) is 0. The highest BCUT2D eigenvalue weighted by Gasteiger charge is 2.09. The molecule has 0 aliphatic heterocycles. The number of carbonyl (C=O) groups excluding carboxylic acids is 1. The van der Waals surface area contributed by atoms with Gasteiger partial charge in [-0.2, -0.15) is 0 Å². The number of rotatable bonds is 4. The van der Waals surface area contributed by atoms with Gasteiger partial charge in [-0.05, 0) is 55.8 Å². The van der Waals surface area contributed by atoms with Gasteiger partial charge in [0.1, 0.15) is 5.82 Å². The Labute approximate surface area is 128 Å². The minimum atomic E-state index is -0.513. The van der Waals surface area contributed by atoms with E-state index >= 15 is 0 Å². The molecule has 2 rings (SSSR count). The van der Waals surface area contributed by atoms with E-state index in [0.29, 0.717) is 11.3 Å². The molecule has 0 unspecified atom stereocenters. The lowest BCUT2D eigenvalue weighted by atomic mass is 10.1. The van der Waals surface area contributed by atoms with Gasteiger partial charge >= 0.3 is 0 Å². The Morgan fingerprint density at radius 3 is 2.62 bits per heavy atom. The molecule has 0 heterocycles. The van der Waals surface area contributed by atoms with Gasteiger partial charge in [0.05, 0.1) is 5.02 Å². The Kier molecular flexibility index (Phi) is 4.81. The number of hydrogen-bond acceptors (Lipinski definition) is 2. The zero-order chi connectivity index (χ0) is 15.4. The minimum absolute atomic E-state index is 0.0218. The summed E-state index contributed by atoms with van der Waals surface area (Å²) in [5.74, 6) is -0.774. The average molecular weight is 307 g/mol. The van der Waals surface area contributed by atoms with Gasteiger partial charge in [0.25, 0.3) is 5.91 Å². The number of carbonyl (C=O) groups is 1. The van der Waals surface area contributed by atoms with Crippen molar-refractivity contribution in [1.82, 2.24) is 0 Å². The number of aryl methyl sites for hydroxylation is 1. The molecule has 21 heavy (non-hydrogen) atoms. The van der Waals surface area contributed by atoms with Crippen molar-refractivity contribution in [2.45, 2.75) is 13.8 Å². The first-order chi connectivity index (χ1) is 10.0. The van der Waals surface area contributed by atoms with E-state index in [-0.39, 0.29) is 10.9 Å². The molecular weight excluding hydrogens is 291 g/mol. The topological polar surface area (TPSA) is 41.1 Å². The van der Waals surface area contributed by atoms with Gasteiger partial charge in [-0.15, -0.1) is 0 Å². The summed E-state index contributed by atoms with van der Waals surface area (Å²) < 4.78 is 13.1. The fourth-order valence-electron chi connectivity index (χ4n) is 1.97. The normalized spacial score (nSPS) is 10.3. The molecule has 0 saturated carbocycles. The molecular formula is C16H16ClFN2O. The molecule has 5 heteroatoms. The van der Waals surface area contributed by atoms with Crippen molar-refractivity contribution < 1.29 is 9.18 Å². The van der Waals surface area contributed by atoms with Gasteiger partial charge in [-0.3, -0.25) is 4.79 Å². The van der Waals surface area contributed by atoms with Crippen LogP contribution in [-0.4, -0.2) is 12.5 Å². The first kappa shape index (κ1) is 15.3. The summed E-state index contributed by atoms with van der Waals surface area (Å²) in [7, 11) is 0. The van der Waals surface area contributed by atoms with Gasteiger partial charge in [-0.1, -0.05) is 11.6 Å². The van der Waals surface area contributed by atoms with Gasteiger partial charge in [0, 0.05) is 23.5 Å². The van der Waals surface area contributed by atoms with E-state index in [2.05, 4.69) is 10.6 Å². The second-order valence-corrected chi connectivity index (χ2v) is 5.05. The van der Waals surface area contributed by atoms with E-state index in [1.807, 2.05) is 19.9 Å². The second-order valence-electron chi connectivity index (χ2n) is 4.64. The number of nitrogens with one attached hydrogen (secondary N) is 2. The summed E-state index contributed by atoms with van der Waals surface area (Å²) in [5, 5.41) is 5.89. The van der Waals surface area contributed by atoms with Crippen molar-refractivity contribution in [2.75, 3.05) is 17.2 Å². The second kappa shape index (κ2) is 6.59. The molecule has 0 spiro atoms. The number of halogens is 2. The summed E-state index contributed by atoms with van der Waals surface area (Å²) >= 11 is 5.69. The lowest BCUT2D eigenvalue weighted by Gasteiger charge is -2.10. The third kappa shape index (κ3) is 3.73. The molecule has 2 aromatic rings. The molecule has 0 bridgehead atoms. The van der Waals surface area contributed by atoms with E-state index in [0.717, 1.165) is 17.8 Å². The number of anilines is 2. The van der Waals surface area contributed by atoms with Crippen molar-refractivity contribution in [1.29, 1.82) is 0 Å².